The number of hydrogen-bond acceptors (Lipinski definition) is 4. The summed E-state index contributed by atoms with van der Waals surface area (Å²) in [7, 11) is 0. The van der Waals surface area contributed by atoms with Crippen LogP contribution in [0.25, 0.3) is 0 Å². The molecule has 5 heteroatoms. The molecule has 0 radical (unpaired) electrons. The first kappa shape index (κ1) is 15.6. The molecule has 0 amide bonds. The number of aromatic carboxylic acids is 1. The number of benzene rings is 1. The maximum Gasteiger partial charge on any atom is 0.339 e. The van der Waals surface area contributed by atoms with Gasteiger partial charge in [-0.1, -0.05) is 19.8 Å². The van der Waals surface area contributed by atoms with Crippen LogP contribution in [0.5, 0.6) is 5.75 Å². The van der Waals surface area contributed by atoms with Crippen molar-refractivity contribution in [2.45, 2.75) is 26.2 Å². The summed E-state index contributed by atoms with van der Waals surface area (Å²) >= 11 is 0. The first-order valence-corrected chi connectivity index (χ1v) is 7.55. The molecule has 0 unspecified atom stereocenters. The van der Waals surface area contributed by atoms with Gasteiger partial charge < -0.3 is 19.5 Å². The van der Waals surface area contributed by atoms with Crippen LogP contribution < -0.4 is 9.64 Å². The maximum atomic E-state index is 11.4. The SMILES string of the molecule is CCCCCOc1ccc(N2CCOCC2)cc1C(=O)O. The Labute approximate surface area is 125 Å². The summed E-state index contributed by atoms with van der Waals surface area (Å²) in [6, 6.07) is 5.38. The zero-order chi connectivity index (χ0) is 15.1. The molecule has 21 heavy (non-hydrogen) atoms. The Balaban J connectivity index is 2.08. The van der Waals surface area contributed by atoms with Crippen LogP contribution >= 0.6 is 0 Å². The molecule has 1 fully saturated rings. The molecular weight excluding hydrogens is 270 g/mol. The highest BCUT2D eigenvalue weighted by molar-refractivity contribution is 5.92. The molecule has 0 bridgehead atoms. The van der Waals surface area contributed by atoms with E-state index in [9.17, 15) is 9.90 Å². The van der Waals surface area contributed by atoms with Gasteiger partial charge in [0.25, 0.3) is 0 Å². The van der Waals surface area contributed by atoms with Crippen molar-refractivity contribution < 1.29 is 19.4 Å². The molecule has 1 aromatic carbocycles. The van der Waals surface area contributed by atoms with Crippen molar-refractivity contribution in [2.24, 2.45) is 0 Å². The van der Waals surface area contributed by atoms with Crippen LogP contribution in [-0.4, -0.2) is 44.0 Å². The molecular formula is C16H23NO4. The van der Waals surface area contributed by atoms with Gasteiger partial charge in [0.1, 0.15) is 11.3 Å². The van der Waals surface area contributed by atoms with Gasteiger partial charge in [0.05, 0.1) is 19.8 Å². The average molecular weight is 293 g/mol. The number of hydrogen-bond donors (Lipinski definition) is 1. The zero-order valence-electron chi connectivity index (χ0n) is 12.5. The summed E-state index contributed by atoms with van der Waals surface area (Å²) in [4.78, 5) is 13.6. The predicted octanol–water partition coefficient (Wildman–Crippen LogP) is 2.79. The zero-order valence-corrected chi connectivity index (χ0v) is 12.5. The second kappa shape index (κ2) is 7.88. The Morgan fingerprint density at radius 2 is 2.10 bits per heavy atom. The van der Waals surface area contributed by atoms with Crippen molar-refractivity contribution in [3.63, 3.8) is 0 Å². The van der Waals surface area contributed by atoms with E-state index in [1.807, 2.05) is 6.07 Å². The van der Waals surface area contributed by atoms with Crippen LogP contribution in [0, 0.1) is 0 Å². The van der Waals surface area contributed by atoms with Crippen LogP contribution in [0.1, 0.15) is 36.5 Å². The second-order valence-electron chi connectivity index (χ2n) is 5.14. The van der Waals surface area contributed by atoms with Gasteiger partial charge in [0.2, 0.25) is 0 Å². The summed E-state index contributed by atoms with van der Waals surface area (Å²) in [6.45, 7) is 5.62. The Kier molecular flexibility index (Phi) is 5.87. The monoisotopic (exact) mass is 293 g/mol. The molecule has 1 aromatic rings. The molecule has 116 valence electrons. The molecule has 5 nitrogen and oxygen atoms in total. The highest BCUT2D eigenvalue weighted by atomic mass is 16.5. The van der Waals surface area contributed by atoms with Crippen molar-refractivity contribution in [1.82, 2.24) is 0 Å². The first-order valence-electron chi connectivity index (χ1n) is 7.55. The maximum absolute atomic E-state index is 11.4. The fourth-order valence-electron chi connectivity index (χ4n) is 2.36. The van der Waals surface area contributed by atoms with Crippen LogP contribution in [0.4, 0.5) is 5.69 Å². The minimum absolute atomic E-state index is 0.232. The fourth-order valence-corrected chi connectivity index (χ4v) is 2.36. The smallest absolute Gasteiger partial charge is 0.339 e. The third-order valence-corrected chi connectivity index (χ3v) is 3.58. The normalized spacial score (nSPS) is 15.0. The van der Waals surface area contributed by atoms with Gasteiger partial charge in [-0.05, 0) is 24.6 Å². The second-order valence-corrected chi connectivity index (χ2v) is 5.14. The number of carboxylic acid groups (broad SMARTS) is 1. The molecule has 1 aliphatic rings. The van der Waals surface area contributed by atoms with Crippen molar-refractivity contribution in [2.75, 3.05) is 37.8 Å². The Bertz CT molecular complexity index is 469. The summed E-state index contributed by atoms with van der Waals surface area (Å²) in [5, 5.41) is 9.37. The van der Waals surface area contributed by atoms with E-state index in [1.54, 1.807) is 12.1 Å². The van der Waals surface area contributed by atoms with E-state index in [4.69, 9.17) is 9.47 Å². The van der Waals surface area contributed by atoms with E-state index in [1.165, 1.54) is 0 Å². The molecule has 1 aliphatic heterocycles. The number of anilines is 1. The lowest BCUT2D eigenvalue weighted by molar-refractivity contribution is 0.0692. The highest BCUT2D eigenvalue weighted by Crippen LogP contribution is 2.26. The Hall–Kier alpha value is -1.75. The summed E-state index contributed by atoms with van der Waals surface area (Å²) in [5.41, 5.74) is 1.15. The van der Waals surface area contributed by atoms with E-state index in [2.05, 4.69) is 11.8 Å². The molecule has 1 heterocycles. The van der Waals surface area contributed by atoms with Gasteiger partial charge in [-0.2, -0.15) is 0 Å². The van der Waals surface area contributed by atoms with Crippen molar-refractivity contribution >= 4 is 11.7 Å². The van der Waals surface area contributed by atoms with Gasteiger partial charge in [0, 0.05) is 18.8 Å². The van der Waals surface area contributed by atoms with Gasteiger partial charge in [-0.3, -0.25) is 0 Å². The number of nitrogens with zero attached hydrogens (tertiary/aromatic N) is 1. The Morgan fingerprint density at radius 3 is 2.76 bits per heavy atom. The third kappa shape index (κ3) is 4.36. The topological polar surface area (TPSA) is 59.0 Å². The average Bonchev–Trinajstić information content (AvgIpc) is 2.52. The standard InChI is InChI=1S/C16H23NO4/c1-2-3-4-9-21-15-6-5-13(12-14(15)16(18)19)17-7-10-20-11-8-17/h5-6,12H,2-4,7-11H2,1H3,(H,18,19). The molecule has 0 atom stereocenters. The number of carboxylic acids is 1. The quantitative estimate of drug-likeness (QED) is 0.783. The van der Waals surface area contributed by atoms with E-state index < -0.39 is 5.97 Å². The molecule has 0 aromatic heterocycles. The van der Waals surface area contributed by atoms with E-state index in [0.29, 0.717) is 25.6 Å². The molecule has 0 aliphatic carbocycles. The lowest BCUT2D eigenvalue weighted by Crippen LogP contribution is -2.36. The van der Waals surface area contributed by atoms with E-state index in [-0.39, 0.29) is 5.56 Å². The minimum Gasteiger partial charge on any atom is -0.493 e. The number of unbranched alkanes of at least 4 members (excludes halogenated alkanes) is 2. The molecule has 0 saturated carbocycles. The molecule has 2 rings (SSSR count). The van der Waals surface area contributed by atoms with Crippen LogP contribution in [0.2, 0.25) is 0 Å². The van der Waals surface area contributed by atoms with Crippen LogP contribution in [0.3, 0.4) is 0 Å². The van der Waals surface area contributed by atoms with Crippen molar-refractivity contribution in [3.8, 4) is 5.75 Å². The summed E-state index contributed by atoms with van der Waals surface area (Å²) < 4.78 is 10.9. The van der Waals surface area contributed by atoms with E-state index >= 15 is 0 Å². The van der Waals surface area contributed by atoms with E-state index in [0.717, 1.165) is 38.0 Å². The van der Waals surface area contributed by atoms with Crippen molar-refractivity contribution in [3.05, 3.63) is 23.8 Å². The predicted molar refractivity (Wildman–Crippen MR) is 81.5 cm³/mol. The number of carbonyl (C=O) groups is 1. The fraction of sp³-hybridized carbons (Fsp3) is 0.562. The molecule has 1 N–H and O–H groups in total. The van der Waals surface area contributed by atoms with Crippen LogP contribution in [-0.2, 0) is 4.74 Å². The number of ether oxygens (including phenoxy) is 2. The van der Waals surface area contributed by atoms with Gasteiger partial charge in [-0.25, -0.2) is 4.79 Å². The van der Waals surface area contributed by atoms with Gasteiger partial charge in [0.15, 0.2) is 0 Å². The lowest BCUT2D eigenvalue weighted by atomic mass is 10.1. The number of rotatable bonds is 7. The highest BCUT2D eigenvalue weighted by Gasteiger charge is 2.17. The summed E-state index contributed by atoms with van der Waals surface area (Å²) in [5.74, 6) is -0.494. The van der Waals surface area contributed by atoms with Crippen molar-refractivity contribution in [1.29, 1.82) is 0 Å². The minimum atomic E-state index is -0.949. The Morgan fingerprint density at radius 1 is 1.33 bits per heavy atom. The summed E-state index contributed by atoms with van der Waals surface area (Å²) in [6.07, 6.45) is 3.15. The van der Waals surface area contributed by atoms with Gasteiger partial charge >= 0.3 is 5.97 Å². The molecule has 0 spiro atoms. The lowest BCUT2D eigenvalue weighted by Gasteiger charge is -2.29. The first-order chi connectivity index (χ1) is 10.2. The van der Waals surface area contributed by atoms with Crippen LogP contribution in [0.15, 0.2) is 18.2 Å². The third-order valence-electron chi connectivity index (χ3n) is 3.58. The van der Waals surface area contributed by atoms with Gasteiger partial charge in [-0.15, -0.1) is 0 Å². The largest absolute Gasteiger partial charge is 0.493 e. The molecule has 1 saturated heterocycles. The number of morpholine rings is 1.